The van der Waals surface area contributed by atoms with Gasteiger partial charge in [0.05, 0.1) is 11.9 Å². The van der Waals surface area contributed by atoms with E-state index in [0.717, 1.165) is 5.56 Å². The third-order valence-corrected chi connectivity index (χ3v) is 2.69. The number of H-pyrrole nitrogens is 1. The van der Waals surface area contributed by atoms with Crippen LogP contribution in [0, 0.1) is 6.92 Å². The number of amides is 1. The summed E-state index contributed by atoms with van der Waals surface area (Å²) in [5, 5.41) is 9.47. The molecule has 0 spiro atoms. The molecule has 0 saturated heterocycles. The average Bonchev–Trinajstić information content (AvgIpc) is 2.81. The number of carbonyl (C=O) groups is 1. The summed E-state index contributed by atoms with van der Waals surface area (Å²) >= 11 is 0. The van der Waals surface area contributed by atoms with Gasteiger partial charge in [-0.05, 0) is 18.6 Å². The minimum atomic E-state index is -0.345. The lowest BCUT2D eigenvalue weighted by Crippen LogP contribution is -2.16. The highest BCUT2D eigenvalue weighted by molar-refractivity contribution is 6.01. The molecule has 6 heteroatoms. The average molecular weight is 259 g/mol. The second-order valence-corrected chi connectivity index (χ2v) is 5.40. The van der Waals surface area contributed by atoms with Crippen LogP contribution in [0.3, 0.4) is 0 Å². The first-order valence-corrected chi connectivity index (χ1v) is 6.03. The van der Waals surface area contributed by atoms with Gasteiger partial charge in [-0.1, -0.05) is 20.8 Å². The molecule has 0 fully saturated rings. The zero-order chi connectivity index (χ0) is 14.0. The molecule has 2 aromatic heterocycles. The van der Waals surface area contributed by atoms with Gasteiger partial charge in [0.2, 0.25) is 5.82 Å². The third-order valence-electron chi connectivity index (χ3n) is 2.69. The first-order chi connectivity index (χ1) is 8.88. The van der Waals surface area contributed by atoms with Crippen molar-refractivity contribution in [1.29, 1.82) is 0 Å². The Morgan fingerprint density at radius 3 is 2.68 bits per heavy atom. The van der Waals surface area contributed by atoms with E-state index in [4.69, 9.17) is 0 Å². The second kappa shape index (κ2) is 4.79. The van der Waals surface area contributed by atoms with E-state index in [1.54, 1.807) is 12.4 Å². The van der Waals surface area contributed by atoms with Crippen LogP contribution in [0.4, 0.5) is 5.69 Å². The molecule has 0 aliphatic heterocycles. The van der Waals surface area contributed by atoms with Gasteiger partial charge < -0.3 is 5.32 Å². The van der Waals surface area contributed by atoms with E-state index in [2.05, 4.69) is 25.5 Å². The van der Waals surface area contributed by atoms with Crippen LogP contribution in [0.5, 0.6) is 0 Å². The largest absolute Gasteiger partial charge is 0.318 e. The Morgan fingerprint density at radius 2 is 2.11 bits per heavy atom. The molecule has 1 amide bonds. The van der Waals surface area contributed by atoms with E-state index in [0.29, 0.717) is 11.5 Å². The Morgan fingerprint density at radius 1 is 1.37 bits per heavy atom. The topological polar surface area (TPSA) is 83.6 Å². The summed E-state index contributed by atoms with van der Waals surface area (Å²) in [7, 11) is 0. The summed E-state index contributed by atoms with van der Waals surface area (Å²) in [6.45, 7) is 7.90. The lowest BCUT2D eigenvalue weighted by Gasteiger charge is -2.12. The summed E-state index contributed by atoms with van der Waals surface area (Å²) in [4.78, 5) is 20.2. The molecule has 19 heavy (non-hydrogen) atoms. The zero-order valence-electron chi connectivity index (χ0n) is 11.5. The highest BCUT2D eigenvalue weighted by Crippen LogP contribution is 2.18. The van der Waals surface area contributed by atoms with Crippen LogP contribution < -0.4 is 5.32 Å². The van der Waals surface area contributed by atoms with Crippen molar-refractivity contribution in [2.45, 2.75) is 33.1 Å². The van der Waals surface area contributed by atoms with Gasteiger partial charge in [0.25, 0.3) is 5.91 Å². The number of aromatic nitrogens is 4. The SMILES string of the molecule is Cc1ccncc1NC(=O)c1n[nH]c(C(C)(C)C)n1. The molecule has 2 rings (SSSR count). The van der Waals surface area contributed by atoms with E-state index in [9.17, 15) is 4.79 Å². The number of pyridine rings is 1. The first kappa shape index (κ1) is 13.2. The third kappa shape index (κ3) is 2.96. The molecule has 0 bridgehead atoms. The Hall–Kier alpha value is -2.24. The van der Waals surface area contributed by atoms with E-state index in [1.165, 1.54) is 0 Å². The number of nitrogens with zero attached hydrogens (tertiary/aromatic N) is 3. The lowest BCUT2D eigenvalue weighted by atomic mass is 9.96. The van der Waals surface area contributed by atoms with Crippen molar-refractivity contribution in [2.75, 3.05) is 5.32 Å². The Labute approximate surface area is 111 Å². The van der Waals surface area contributed by atoms with Gasteiger partial charge in [0, 0.05) is 11.6 Å². The quantitative estimate of drug-likeness (QED) is 0.864. The lowest BCUT2D eigenvalue weighted by molar-refractivity contribution is 0.101. The van der Waals surface area contributed by atoms with E-state index in [-0.39, 0.29) is 17.1 Å². The fourth-order valence-corrected chi connectivity index (χ4v) is 1.47. The molecule has 0 radical (unpaired) electrons. The minimum absolute atomic E-state index is 0.133. The molecule has 0 unspecified atom stereocenters. The van der Waals surface area contributed by atoms with Crippen LogP contribution in [-0.2, 0) is 5.41 Å². The maximum atomic E-state index is 12.0. The van der Waals surface area contributed by atoms with Gasteiger partial charge in [0.1, 0.15) is 5.82 Å². The van der Waals surface area contributed by atoms with Crippen LogP contribution in [0.2, 0.25) is 0 Å². The number of hydrogen-bond donors (Lipinski definition) is 2. The Kier molecular flexibility index (Phi) is 3.33. The van der Waals surface area contributed by atoms with Gasteiger partial charge in [-0.3, -0.25) is 14.9 Å². The summed E-state index contributed by atoms with van der Waals surface area (Å²) in [6, 6.07) is 1.83. The first-order valence-electron chi connectivity index (χ1n) is 6.03. The molecule has 0 aliphatic rings. The molecule has 0 aromatic carbocycles. The molecule has 2 N–H and O–H groups in total. The summed E-state index contributed by atoms with van der Waals surface area (Å²) in [5.74, 6) is 0.469. The predicted molar refractivity (Wildman–Crippen MR) is 72.0 cm³/mol. The van der Waals surface area contributed by atoms with Crippen LogP contribution >= 0.6 is 0 Å². The number of aromatic amines is 1. The molecule has 2 heterocycles. The maximum absolute atomic E-state index is 12.0. The highest BCUT2D eigenvalue weighted by atomic mass is 16.2. The number of hydrogen-bond acceptors (Lipinski definition) is 4. The highest BCUT2D eigenvalue weighted by Gasteiger charge is 2.21. The summed E-state index contributed by atoms with van der Waals surface area (Å²) in [6.07, 6.45) is 3.28. The van der Waals surface area contributed by atoms with E-state index >= 15 is 0 Å². The van der Waals surface area contributed by atoms with Gasteiger partial charge in [-0.2, -0.15) is 0 Å². The van der Waals surface area contributed by atoms with Crippen molar-refractivity contribution in [3.63, 3.8) is 0 Å². The molecule has 2 aromatic rings. The minimum Gasteiger partial charge on any atom is -0.318 e. The Balaban J connectivity index is 2.17. The number of carbonyl (C=O) groups excluding carboxylic acids is 1. The molecular weight excluding hydrogens is 242 g/mol. The van der Waals surface area contributed by atoms with Crippen LogP contribution in [0.25, 0.3) is 0 Å². The molecule has 100 valence electrons. The number of aryl methyl sites for hydroxylation is 1. The molecule has 0 aliphatic carbocycles. The van der Waals surface area contributed by atoms with E-state index in [1.807, 2.05) is 33.8 Å². The van der Waals surface area contributed by atoms with Crippen LogP contribution in [-0.4, -0.2) is 26.1 Å². The molecule has 0 atom stereocenters. The Bertz CT molecular complexity index is 597. The fourth-order valence-electron chi connectivity index (χ4n) is 1.47. The number of anilines is 1. The van der Waals surface area contributed by atoms with Gasteiger partial charge in [-0.15, -0.1) is 5.10 Å². The van der Waals surface area contributed by atoms with Crippen molar-refractivity contribution in [3.05, 3.63) is 35.7 Å². The van der Waals surface area contributed by atoms with Crippen LogP contribution in [0.15, 0.2) is 18.5 Å². The molecule has 0 saturated carbocycles. The predicted octanol–water partition coefficient (Wildman–Crippen LogP) is 2.06. The zero-order valence-corrected chi connectivity index (χ0v) is 11.5. The van der Waals surface area contributed by atoms with Crippen molar-refractivity contribution in [2.24, 2.45) is 0 Å². The van der Waals surface area contributed by atoms with Crippen molar-refractivity contribution in [1.82, 2.24) is 20.2 Å². The van der Waals surface area contributed by atoms with Crippen molar-refractivity contribution < 1.29 is 4.79 Å². The second-order valence-electron chi connectivity index (χ2n) is 5.40. The number of nitrogens with one attached hydrogen (secondary N) is 2. The monoisotopic (exact) mass is 259 g/mol. The van der Waals surface area contributed by atoms with Gasteiger partial charge in [-0.25, -0.2) is 4.98 Å². The smallest absolute Gasteiger partial charge is 0.295 e. The van der Waals surface area contributed by atoms with Crippen LogP contribution in [0.1, 0.15) is 42.8 Å². The molecular formula is C13H17N5O. The van der Waals surface area contributed by atoms with E-state index < -0.39 is 0 Å². The summed E-state index contributed by atoms with van der Waals surface area (Å²) in [5.41, 5.74) is 1.43. The normalized spacial score (nSPS) is 11.4. The van der Waals surface area contributed by atoms with Gasteiger partial charge >= 0.3 is 0 Å². The van der Waals surface area contributed by atoms with Crippen molar-refractivity contribution in [3.8, 4) is 0 Å². The van der Waals surface area contributed by atoms with Gasteiger partial charge in [0.15, 0.2) is 0 Å². The van der Waals surface area contributed by atoms with Crippen molar-refractivity contribution >= 4 is 11.6 Å². The standard InChI is InChI=1S/C13H17N5O/c1-8-5-6-14-7-9(8)15-11(19)10-16-12(18-17-10)13(2,3)4/h5-7H,1-4H3,(H,15,19)(H,16,17,18). The maximum Gasteiger partial charge on any atom is 0.295 e. The molecule has 6 nitrogen and oxygen atoms in total. The summed E-state index contributed by atoms with van der Waals surface area (Å²) < 4.78 is 0. The fraction of sp³-hybridized carbons (Fsp3) is 0.385. The number of rotatable bonds is 2.